The molecule has 1 fully saturated rings. The van der Waals surface area contributed by atoms with Crippen molar-refractivity contribution < 1.29 is 14.1 Å². The molecule has 30 heavy (non-hydrogen) atoms. The molecule has 7 nitrogen and oxygen atoms in total. The van der Waals surface area contributed by atoms with E-state index in [4.69, 9.17) is 4.52 Å². The Morgan fingerprint density at radius 3 is 2.87 bits per heavy atom. The highest BCUT2D eigenvalue weighted by atomic mass is 32.2. The van der Waals surface area contributed by atoms with Crippen molar-refractivity contribution in [3.8, 4) is 0 Å². The first kappa shape index (κ1) is 20.2. The SMILES string of the molecule is Cc1noc(C)c1CSc1ncccc1C(=O)Nc1cccc(N2CCCC2=O)c1. The second kappa shape index (κ2) is 8.71. The molecule has 0 atom stereocenters. The fourth-order valence-electron chi connectivity index (χ4n) is 3.40. The van der Waals surface area contributed by atoms with Crippen LogP contribution in [0.25, 0.3) is 0 Å². The molecule has 8 heteroatoms. The van der Waals surface area contributed by atoms with Gasteiger partial charge in [-0.05, 0) is 50.6 Å². The van der Waals surface area contributed by atoms with Crippen molar-refractivity contribution in [1.29, 1.82) is 0 Å². The van der Waals surface area contributed by atoms with Crippen LogP contribution in [0.3, 0.4) is 0 Å². The highest BCUT2D eigenvalue weighted by Gasteiger charge is 2.22. The molecule has 0 radical (unpaired) electrons. The zero-order valence-electron chi connectivity index (χ0n) is 16.8. The zero-order valence-corrected chi connectivity index (χ0v) is 17.7. The van der Waals surface area contributed by atoms with Crippen LogP contribution < -0.4 is 10.2 Å². The van der Waals surface area contributed by atoms with E-state index >= 15 is 0 Å². The number of carbonyl (C=O) groups is 2. The first-order valence-corrected chi connectivity index (χ1v) is 10.7. The number of thioether (sulfide) groups is 1. The smallest absolute Gasteiger partial charge is 0.258 e. The summed E-state index contributed by atoms with van der Waals surface area (Å²) in [6.45, 7) is 4.48. The van der Waals surface area contributed by atoms with Crippen LogP contribution in [0, 0.1) is 13.8 Å². The number of carbonyl (C=O) groups excluding carboxylic acids is 2. The van der Waals surface area contributed by atoms with Gasteiger partial charge in [0.25, 0.3) is 5.91 Å². The number of hydrogen-bond donors (Lipinski definition) is 1. The summed E-state index contributed by atoms with van der Waals surface area (Å²) in [5, 5.41) is 7.54. The van der Waals surface area contributed by atoms with Crippen molar-refractivity contribution >= 4 is 35.0 Å². The fraction of sp³-hybridized carbons (Fsp3) is 0.273. The quantitative estimate of drug-likeness (QED) is 0.594. The Labute approximate surface area is 178 Å². The third-order valence-corrected chi connectivity index (χ3v) is 6.07. The number of hydrogen-bond acceptors (Lipinski definition) is 6. The van der Waals surface area contributed by atoms with Crippen molar-refractivity contribution in [3.63, 3.8) is 0 Å². The van der Waals surface area contributed by atoms with E-state index in [9.17, 15) is 9.59 Å². The van der Waals surface area contributed by atoms with E-state index in [-0.39, 0.29) is 11.8 Å². The standard InChI is InChI=1S/C22H22N4O3S/c1-14-19(15(2)29-25-14)13-30-22-18(8-4-10-23-22)21(28)24-16-6-3-7-17(12-16)26-11-5-9-20(26)27/h3-4,6-8,10,12H,5,9,11,13H2,1-2H3,(H,24,28). The summed E-state index contributed by atoms with van der Waals surface area (Å²) >= 11 is 1.47. The summed E-state index contributed by atoms with van der Waals surface area (Å²) in [5.74, 6) is 1.26. The van der Waals surface area contributed by atoms with E-state index in [1.54, 1.807) is 23.2 Å². The van der Waals surface area contributed by atoms with Gasteiger partial charge in [-0.3, -0.25) is 9.59 Å². The number of aryl methyl sites for hydroxylation is 2. The van der Waals surface area contributed by atoms with Crippen molar-refractivity contribution in [2.75, 3.05) is 16.8 Å². The molecule has 3 aromatic rings. The number of benzene rings is 1. The minimum Gasteiger partial charge on any atom is -0.361 e. The lowest BCUT2D eigenvalue weighted by Crippen LogP contribution is -2.23. The van der Waals surface area contributed by atoms with E-state index < -0.39 is 0 Å². The Balaban J connectivity index is 1.50. The molecule has 0 aliphatic carbocycles. The molecule has 1 aliphatic rings. The normalized spacial score (nSPS) is 13.7. The Kier molecular flexibility index (Phi) is 5.85. The second-order valence-corrected chi connectivity index (χ2v) is 8.06. The minimum atomic E-state index is -0.241. The van der Waals surface area contributed by atoms with Crippen molar-refractivity contribution in [2.24, 2.45) is 0 Å². The van der Waals surface area contributed by atoms with Gasteiger partial charge >= 0.3 is 0 Å². The Morgan fingerprint density at radius 1 is 1.27 bits per heavy atom. The maximum atomic E-state index is 13.0. The first-order chi connectivity index (χ1) is 14.5. The van der Waals surface area contributed by atoms with Crippen LogP contribution in [0.5, 0.6) is 0 Å². The van der Waals surface area contributed by atoms with E-state index in [2.05, 4.69) is 15.5 Å². The summed E-state index contributed by atoms with van der Waals surface area (Å²) in [5.41, 5.74) is 3.80. The molecule has 154 valence electrons. The van der Waals surface area contributed by atoms with Gasteiger partial charge in [-0.15, -0.1) is 11.8 Å². The van der Waals surface area contributed by atoms with Gasteiger partial charge in [0.05, 0.1) is 11.3 Å². The Bertz CT molecular complexity index is 1080. The molecule has 1 N–H and O–H groups in total. The highest BCUT2D eigenvalue weighted by molar-refractivity contribution is 7.98. The molecule has 4 rings (SSSR count). The van der Waals surface area contributed by atoms with Crippen molar-refractivity contribution in [3.05, 3.63) is 65.2 Å². The predicted octanol–water partition coefficient (Wildman–Crippen LogP) is 4.36. The number of amides is 2. The molecule has 0 unspecified atom stereocenters. The van der Waals surface area contributed by atoms with Gasteiger partial charge in [-0.2, -0.15) is 0 Å². The molecule has 0 spiro atoms. The van der Waals surface area contributed by atoms with Crippen LogP contribution in [0.4, 0.5) is 11.4 Å². The molecule has 1 saturated heterocycles. The van der Waals surface area contributed by atoms with Gasteiger partial charge in [-0.1, -0.05) is 11.2 Å². The average Bonchev–Trinajstić information content (AvgIpc) is 3.32. The lowest BCUT2D eigenvalue weighted by molar-refractivity contribution is -0.117. The van der Waals surface area contributed by atoms with Gasteiger partial charge in [0.1, 0.15) is 10.8 Å². The maximum Gasteiger partial charge on any atom is 0.258 e. The summed E-state index contributed by atoms with van der Waals surface area (Å²) < 4.78 is 5.21. The van der Waals surface area contributed by atoms with Crippen LogP contribution in [0.1, 0.15) is 40.2 Å². The van der Waals surface area contributed by atoms with E-state index in [1.807, 2.05) is 38.1 Å². The number of nitrogens with zero attached hydrogens (tertiary/aromatic N) is 3. The van der Waals surface area contributed by atoms with E-state index in [0.717, 1.165) is 29.1 Å². The first-order valence-electron chi connectivity index (χ1n) is 9.74. The van der Waals surface area contributed by atoms with Gasteiger partial charge in [0, 0.05) is 41.9 Å². The number of aromatic nitrogens is 2. The Hall–Kier alpha value is -3.13. The van der Waals surface area contributed by atoms with Crippen LogP contribution in [-0.4, -0.2) is 28.5 Å². The van der Waals surface area contributed by atoms with Gasteiger partial charge in [-0.25, -0.2) is 4.98 Å². The number of rotatable bonds is 6. The number of pyridine rings is 1. The predicted molar refractivity (Wildman–Crippen MR) is 116 cm³/mol. The van der Waals surface area contributed by atoms with Gasteiger partial charge < -0.3 is 14.7 Å². The van der Waals surface area contributed by atoms with Gasteiger partial charge in [0.15, 0.2) is 0 Å². The largest absolute Gasteiger partial charge is 0.361 e. The van der Waals surface area contributed by atoms with E-state index in [0.29, 0.717) is 35.0 Å². The lowest BCUT2D eigenvalue weighted by Gasteiger charge is -2.17. The highest BCUT2D eigenvalue weighted by Crippen LogP contribution is 2.28. The maximum absolute atomic E-state index is 13.0. The van der Waals surface area contributed by atoms with Crippen LogP contribution in [0.2, 0.25) is 0 Å². The molecule has 2 amide bonds. The summed E-state index contributed by atoms with van der Waals surface area (Å²) in [4.78, 5) is 31.1. The molecule has 2 aromatic heterocycles. The molecule has 0 saturated carbocycles. The lowest BCUT2D eigenvalue weighted by atomic mass is 10.2. The molecule has 0 bridgehead atoms. The molecule has 3 heterocycles. The number of anilines is 2. The molecular weight excluding hydrogens is 400 g/mol. The fourth-order valence-corrected chi connectivity index (χ4v) is 4.54. The van der Waals surface area contributed by atoms with Crippen molar-refractivity contribution in [2.45, 2.75) is 37.5 Å². The third kappa shape index (κ3) is 4.23. The second-order valence-electron chi connectivity index (χ2n) is 7.10. The monoisotopic (exact) mass is 422 g/mol. The average molecular weight is 423 g/mol. The van der Waals surface area contributed by atoms with Crippen LogP contribution in [-0.2, 0) is 10.5 Å². The molecular formula is C22H22N4O3S. The summed E-state index contributed by atoms with van der Waals surface area (Å²) in [6.07, 6.45) is 3.10. The minimum absolute atomic E-state index is 0.115. The molecule has 1 aromatic carbocycles. The topological polar surface area (TPSA) is 88.3 Å². The Morgan fingerprint density at radius 2 is 2.13 bits per heavy atom. The zero-order chi connectivity index (χ0) is 21.1. The van der Waals surface area contributed by atoms with E-state index in [1.165, 1.54) is 11.8 Å². The van der Waals surface area contributed by atoms with Gasteiger partial charge in [0.2, 0.25) is 5.91 Å². The molecule has 1 aliphatic heterocycles. The van der Waals surface area contributed by atoms with Crippen molar-refractivity contribution in [1.82, 2.24) is 10.1 Å². The summed E-state index contributed by atoms with van der Waals surface area (Å²) in [7, 11) is 0. The number of nitrogens with one attached hydrogen (secondary N) is 1. The van der Waals surface area contributed by atoms with Crippen LogP contribution in [0.15, 0.2) is 52.1 Å². The third-order valence-electron chi connectivity index (χ3n) is 5.04. The summed E-state index contributed by atoms with van der Waals surface area (Å²) in [6, 6.07) is 10.9. The van der Waals surface area contributed by atoms with Crippen LogP contribution >= 0.6 is 11.8 Å².